The van der Waals surface area contributed by atoms with Gasteiger partial charge in [-0.05, 0) is 12.8 Å². The van der Waals surface area contributed by atoms with Crippen LogP contribution in [0.5, 0.6) is 0 Å². The molecule has 0 atom stereocenters. The second-order valence-corrected chi connectivity index (χ2v) is 6.77. The molecule has 0 radical (unpaired) electrons. The molecule has 0 saturated carbocycles. The molecule has 7 nitrogen and oxygen atoms in total. The predicted molar refractivity (Wildman–Crippen MR) is 66.8 cm³/mol. The topological polar surface area (TPSA) is 107 Å². The third-order valence-corrected chi connectivity index (χ3v) is 4.83. The van der Waals surface area contributed by atoms with Crippen LogP contribution in [0.2, 0.25) is 0 Å². The Kier molecular flexibility index (Phi) is 3.29. The van der Waals surface area contributed by atoms with Crippen LogP contribution in [0.3, 0.4) is 0 Å². The lowest BCUT2D eigenvalue weighted by molar-refractivity contribution is 0.0935. The second kappa shape index (κ2) is 4.60. The number of aromatic nitrogens is 2. The first-order valence-electron chi connectivity index (χ1n) is 5.68. The van der Waals surface area contributed by atoms with Gasteiger partial charge < -0.3 is 11.1 Å². The van der Waals surface area contributed by atoms with Crippen molar-refractivity contribution in [2.45, 2.75) is 18.9 Å². The minimum atomic E-state index is -2.91. The number of aryl methyl sites for hydroxylation is 1. The summed E-state index contributed by atoms with van der Waals surface area (Å²) >= 11 is 0. The lowest BCUT2D eigenvalue weighted by Crippen LogP contribution is -2.40. The largest absolute Gasteiger partial charge is 0.383 e. The standard InChI is InChI=1S/C10H16N4O3S/c1-14-9(11)8(6-12-14)10(15)13-7-2-4-18(16,17)5-3-7/h6-7H,2-5,11H2,1H3,(H,13,15). The van der Waals surface area contributed by atoms with E-state index in [0.717, 1.165) is 0 Å². The van der Waals surface area contributed by atoms with Crippen molar-refractivity contribution < 1.29 is 13.2 Å². The fourth-order valence-corrected chi connectivity index (χ4v) is 3.41. The van der Waals surface area contributed by atoms with Crippen molar-refractivity contribution in [3.8, 4) is 0 Å². The van der Waals surface area contributed by atoms with E-state index in [-0.39, 0.29) is 23.5 Å². The second-order valence-electron chi connectivity index (χ2n) is 4.47. The van der Waals surface area contributed by atoms with Crippen LogP contribution >= 0.6 is 0 Å². The van der Waals surface area contributed by atoms with Gasteiger partial charge in [0.2, 0.25) is 0 Å². The number of nitrogens with one attached hydrogen (secondary N) is 1. The Labute approximate surface area is 105 Å². The van der Waals surface area contributed by atoms with Crippen LogP contribution < -0.4 is 11.1 Å². The summed E-state index contributed by atoms with van der Waals surface area (Å²) in [4.78, 5) is 11.9. The zero-order chi connectivity index (χ0) is 13.3. The Bertz CT molecular complexity index is 550. The van der Waals surface area contributed by atoms with Gasteiger partial charge in [-0.3, -0.25) is 9.48 Å². The van der Waals surface area contributed by atoms with Crippen LogP contribution in [0.4, 0.5) is 5.82 Å². The number of hydrogen-bond donors (Lipinski definition) is 2. The van der Waals surface area contributed by atoms with Gasteiger partial charge >= 0.3 is 0 Å². The molecule has 1 amide bonds. The van der Waals surface area contributed by atoms with E-state index < -0.39 is 9.84 Å². The third kappa shape index (κ3) is 2.63. The summed E-state index contributed by atoms with van der Waals surface area (Å²) in [6, 6.07) is -0.111. The molecule has 1 aromatic heterocycles. The Morgan fingerprint density at radius 2 is 2.11 bits per heavy atom. The van der Waals surface area contributed by atoms with E-state index in [1.54, 1.807) is 7.05 Å². The van der Waals surface area contributed by atoms with Crippen LogP contribution in [0.25, 0.3) is 0 Å². The Balaban J connectivity index is 1.99. The number of carbonyl (C=O) groups is 1. The molecule has 1 saturated heterocycles. The molecule has 100 valence electrons. The van der Waals surface area contributed by atoms with E-state index in [1.807, 2.05) is 0 Å². The van der Waals surface area contributed by atoms with E-state index in [4.69, 9.17) is 5.73 Å². The Hall–Kier alpha value is -1.57. The first-order chi connectivity index (χ1) is 8.39. The first kappa shape index (κ1) is 12.9. The highest BCUT2D eigenvalue weighted by molar-refractivity contribution is 7.91. The van der Waals surface area contributed by atoms with E-state index in [2.05, 4.69) is 10.4 Å². The van der Waals surface area contributed by atoms with Gasteiger partial charge in [0.25, 0.3) is 5.91 Å². The molecule has 18 heavy (non-hydrogen) atoms. The van der Waals surface area contributed by atoms with Crippen LogP contribution in [0, 0.1) is 0 Å². The molecular weight excluding hydrogens is 256 g/mol. The van der Waals surface area contributed by atoms with Crippen molar-refractivity contribution in [3.05, 3.63) is 11.8 Å². The maximum Gasteiger partial charge on any atom is 0.256 e. The molecule has 1 aliphatic heterocycles. The summed E-state index contributed by atoms with van der Waals surface area (Å²) < 4.78 is 23.9. The van der Waals surface area contributed by atoms with Crippen LogP contribution in [0.15, 0.2) is 6.20 Å². The first-order valence-corrected chi connectivity index (χ1v) is 7.50. The highest BCUT2D eigenvalue weighted by Crippen LogP contribution is 2.14. The minimum Gasteiger partial charge on any atom is -0.383 e. The lowest BCUT2D eigenvalue weighted by Gasteiger charge is -2.22. The SMILES string of the molecule is Cn1ncc(C(=O)NC2CCS(=O)(=O)CC2)c1N. The number of sulfone groups is 1. The lowest BCUT2D eigenvalue weighted by atomic mass is 10.1. The molecule has 1 fully saturated rings. The average Bonchev–Trinajstić information content (AvgIpc) is 2.63. The zero-order valence-corrected chi connectivity index (χ0v) is 10.9. The van der Waals surface area contributed by atoms with Gasteiger partial charge in [0, 0.05) is 13.1 Å². The fraction of sp³-hybridized carbons (Fsp3) is 0.600. The molecule has 0 aliphatic carbocycles. The highest BCUT2D eigenvalue weighted by Gasteiger charge is 2.25. The molecule has 1 aliphatic rings. The van der Waals surface area contributed by atoms with Gasteiger partial charge in [-0.1, -0.05) is 0 Å². The van der Waals surface area contributed by atoms with Crippen LogP contribution in [-0.2, 0) is 16.9 Å². The van der Waals surface area contributed by atoms with Gasteiger partial charge in [0.1, 0.15) is 21.2 Å². The van der Waals surface area contributed by atoms with Gasteiger partial charge in [-0.15, -0.1) is 0 Å². The number of carbonyl (C=O) groups excluding carboxylic acids is 1. The molecule has 0 unspecified atom stereocenters. The van der Waals surface area contributed by atoms with E-state index >= 15 is 0 Å². The summed E-state index contributed by atoms with van der Waals surface area (Å²) in [5, 5.41) is 6.68. The monoisotopic (exact) mass is 272 g/mol. The maximum atomic E-state index is 11.9. The third-order valence-electron chi connectivity index (χ3n) is 3.12. The minimum absolute atomic E-state index is 0.111. The van der Waals surface area contributed by atoms with Crippen molar-refractivity contribution in [2.75, 3.05) is 17.2 Å². The van der Waals surface area contributed by atoms with Crippen molar-refractivity contribution in [1.82, 2.24) is 15.1 Å². The molecule has 8 heteroatoms. The number of nitrogens with two attached hydrogens (primary N) is 1. The van der Waals surface area contributed by atoms with E-state index in [1.165, 1.54) is 10.9 Å². The molecule has 2 rings (SSSR count). The smallest absolute Gasteiger partial charge is 0.256 e. The van der Waals surface area contributed by atoms with Crippen molar-refractivity contribution >= 4 is 21.6 Å². The highest BCUT2D eigenvalue weighted by atomic mass is 32.2. The summed E-state index contributed by atoms with van der Waals surface area (Å²) in [6.07, 6.45) is 2.31. The van der Waals surface area contributed by atoms with Crippen molar-refractivity contribution in [1.29, 1.82) is 0 Å². The number of rotatable bonds is 2. The number of anilines is 1. The summed E-state index contributed by atoms with van der Waals surface area (Å²) in [6.45, 7) is 0. The molecule has 1 aromatic rings. The van der Waals surface area contributed by atoms with Crippen LogP contribution in [-0.4, -0.2) is 41.7 Å². The molecular formula is C10H16N4O3S. The predicted octanol–water partition coefficient (Wildman–Crippen LogP) is -0.691. The Morgan fingerprint density at radius 1 is 1.50 bits per heavy atom. The van der Waals surface area contributed by atoms with Gasteiger partial charge in [-0.2, -0.15) is 5.10 Å². The number of nitrogen functional groups attached to an aromatic ring is 1. The molecule has 3 N–H and O–H groups in total. The number of hydrogen-bond acceptors (Lipinski definition) is 5. The number of amides is 1. The van der Waals surface area contributed by atoms with Crippen LogP contribution in [0.1, 0.15) is 23.2 Å². The number of nitrogens with zero attached hydrogens (tertiary/aromatic N) is 2. The molecule has 0 aromatic carbocycles. The summed E-state index contributed by atoms with van der Waals surface area (Å²) in [5.41, 5.74) is 6.02. The van der Waals surface area contributed by atoms with Gasteiger partial charge in [0.05, 0.1) is 17.7 Å². The van der Waals surface area contributed by atoms with Gasteiger partial charge in [-0.25, -0.2) is 8.42 Å². The summed E-state index contributed by atoms with van der Waals surface area (Å²) in [5.74, 6) is 0.252. The molecule has 0 bridgehead atoms. The quantitative estimate of drug-likeness (QED) is 0.741. The average molecular weight is 272 g/mol. The normalized spacial score (nSPS) is 19.6. The summed E-state index contributed by atoms with van der Waals surface area (Å²) in [7, 11) is -1.26. The molecule has 0 spiro atoms. The van der Waals surface area contributed by atoms with Gasteiger partial charge in [0.15, 0.2) is 0 Å². The molecule has 2 heterocycles. The Morgan fingerprint density at radius 3 is 2.61 bits per heavy atom. The van der Waals surface area contributed by atoms with Crippen molar-refractivity contribution in [3.63, 3.8) is 0 Å². The zero-order valence-electron chi connectivity index (χ0n) is 10.1. The van der Waals surface area contributed by atoms with E-state index in [9.17, 15) is 13.2 Å². The van der Waals surface area contributed by atoms with Crippen molar-refractivity contribution in [2.24, 2.45) is 7.05 Å². The van der Waals surface area contributed by atoms with E-state index in [0.29, 0.717) is 24.2 Å². The maximum absolute atomic E-state index is 11.9. The fourth-order valence-electron chi connectivity index (χ4n) is 1.92.